The number of hydrogen-bond donors (Lipinski definition) is 3. The lowest BCUT2D eigenvalue weighted by Gasteiger charge is -2.34. The zero-order chi connectivity index (χ0) is 27.4. The zero-order valence-electron chi connectivity index (χ0n) is 20.3. The van der Waals surface area contributed by atoms with Crippen molar-refractivity contribution in [1.29, 1.82) is 0 Å². The van der Waals surface area contributed by atoms with Gasteiger partial charge < -0.3 is 19.1 Å². The number of aromatic nitrogens is 2. The van der Waals surface area contributed by atoms with Crippen molar-refractivity contribution >= 4 is 33.2 Å². The van der Waals surface area contributed by atoms with Crippen LogP contribution < -0.4 is 20.9 Å². The van der Waals surface area contributed by atoms with Crippen molar-refractivity contribution < 1.29 is 37.4 Å². The van der Waals surface area contributed by atoms with Crippen molar-refractivity contribution in [3.63, 3.8) is 0 Å². The number of carbonyl (C=O) groups excluding carboxylic acids is 1. The van der Waals surface area contributed by atoms with Gasteiger partial charge in [0.05, 0.1) is 11.4 Å². The van der Waals surface area contributed by atoms with Gasteiger partial charge in [-0.05, 0) is 45.0 Å². The number of ether oxygens (including phenoxy) is 2. The molecule has 0 bridgehead atoms. The molecule has 2 aliphatic rings. The predicted octanol–water partition coefficient (Wildman–Crippen LogP) is 0.390. The zero-order valence-corrected chi connectivity index (χ0v) is 21.9. The lowest BCUT2D eigenvalue weighted by atomic mass is 9.78. The van der Waals surface area contributed by atoms with E-state index in [0.29, 0.717) is 0 Å². The van der Waals surface area contributed by atoms with Crippen LogP contribution in [0.25, 0.3) is 0 Å². The molecular formula is C21H25BClFN3O9P. The maximum absolute atomic E-state index is 13.9. The van der Waals surface area contributed by atoms with E-state index in [1.54, 1.807) is 6.92 Å². The maximum Gasteiger partial charge on any atom is 0.460 e. The van der Waals surface area contributed by atoms with Crippen LogP contribution in [0, 0.1) is 5.82 Å². The molecule has 1 aromatic heterocycles. The summed E-state index contributed by atoms with van der Waals surface area (Å²) in [5, 5.41) is 13.9. The summed E-state index contributed by atoms with van der Waals surface area (Å²) in [6.07, 6.45) is -2.52. The number of alkyl halides is 1. The second kappa shape index (κ2) is 9.37. The molecule has 6 atom stereocenters. The van der Waals surface area contributed by atoms with Gasteiger partial charge in [0.2, 0.25) is 0 Å². The highest BCUT2D eigenvalue weighted by Gasteiger charge is 2.83. The maximum atomic E-state index is 13.9. The summed E-state index contributed by atoms with van der Waals surface area (Å²) in [7, 11) is -3.11. The third kappa shape index (κ3) is 4.89. The quantitative estimate of drug-likeness (QED) is 0.170. The normalized spacial score (nSPS) is 30.3. The van der Waals surface area contributed by atoms with Crippen LogP contribution in [-0.4, -0.2) is 63.2 Å². The second-order valence-electron chi connectivity index (χ2n) is 9.35. The summed E-state index contributed by atoms with van der Waals surface area (Å²) in [5.41, 5.74) is -4.97. The highest BCUT2D eigenvalue weighted by Crippen LogP contribution is 2.66. The van der Waals surface area contributed by atoms with Crippen molar-refractivity contribution in [3.05, 3.63) is 63.2 Å². The molecule has 12 nitrogen and oxygen atoms in total. The van der Waals surface area contributed by atoms with Gasteiger partial charge in [-0.15, -0.1) is 11.6 Å². The minimum atomic E-state index is -4.50. The van der Waals surface area contributed by atoms with Gasteiger partial charge >= 0.3 is 19.4 Å². The molecule has 0 spiro atoms. The minimum absolute atomic E-state index is 0.0538. The average molecular weight is 560 g/mol. The van der Waals surface area contributed by atoms with E-state index in [2.05, 4.69) is 10.1 Å². The van der Waals surface area contributed by atoms with E-state index in [-0.39, 0.29) is 12.4 Å². The lowest BCUT2D eigenvalue weighted by molar-refractivity contribution is -0.149. The highest BCUT2D eigenvalue weighted by atomic mass is 35.5. The Hall–Kier alpha value is -2.48. The summed E-state index contributed by atoms with van der Waals surface area (Å²) >= 11 is 6.67. The van der Waals surface area contributed by atoms with E-state index in [9.17, 15) is 28.4 Å². The van der Waals surface area contributed by atoms with Crippen molar-refractivity contribution in [3.8, 4) is 5.75 Å². The van der Waals surface area contributed by atoms with Crippen LogP contribution in [0.3, 0.4) is 0 Å². The van der Waals surface area contributed by atoms with Crippen LogP contribution in [0.1, 0.15) is 27.0 Å². The van der Waals surface area contributed by atoms with Crippen LogP contribution in [0.5, 0.6) is 5.75 Å². The number of nitrogens with one attached hydrogen (secondary N) is 2. The molecule has 1 saturated carbocycles. The van der Waals surface area contributed by atoms with Gasteiger partial charge in [-0.2, -0.15) is 5.09 Å². The van der Waals surface area contributed by atoms with Crippen LogP contribution in [0.4, 0.5) is 4.39 Å². The first kappa shape index (κ1) is 27.6. The molecule has 2 unspecified atom stereocenters. The number of rotatable bonds is 9. The lowest BCUT2D eigenvalue weighted by Crippen LogP contribution is -2.50. The number of halogens is 2. The first-order valence-electron chi connectivity index (χ1n) is 11.2. The third-order valence-corrected chi connectivity index (χ3v) is 8.43. The first-order valence-corrected chi connectivity index (χ1v) is 13.1. The third-order valence-electron chi connectivity index (χ3n) is 6.15. The van der Waals surface area contributed by atoms with Gasteiger partial charge in [0.1, 0.15) is 42.8 Å². The van der Waals surface area contributed by atoms with Gasteiger partial charge in [0.25, 0.3) is 5.56 Å². The molecule has 2 aromatic rings. The number of aliphatic hydroxyl groups is 1. The second-order valence-corrected chi connectivity index (χ2v) is 11.8. The molecule has 1 aliphatic carbocycles. The van der Waals surface area contributed by atoms with Crippen molar-refractivity contribution in [2.45, 2.75) is 55.1 Å². The summed E-state index contributed by atoms with van der Waals surface area (Å²) in [6, 6.07) is 5.63. The molecule has 1 aromatic carbocycles. The molecule has 4 rings (SSSR count). The van der Waals surface area contributed by atoms with Crippen LogP contribution in [0.15, 0.2) is 46.1 Å². The summed E-state index contributed by atoms with van der Waals surface area (Å²) in [4.78, 5) is 38.2. The summed E-state index contributed by atoms with van der Waals surface area (Å²) in [6.45, 7) is 4.43. The van der Waals surface area contributed by atoms with Crippen molar-refractivity contribution in [2.24, 2.45) is 0 Å². The smallest absolute Gasteiger partial charge is 0.460 e. The SMILES string of the molecule is B[C@@]1(Cl)[C@H](n2ccc(=O)[nH]c2=O)O[C@@H]2C(OP(=O)(NC(C)(C)C(=O)OCC)Oc3ccc(F)cc3)[C@@]21O. The Labute approximate surface area is 216 Å². The molecular weight excluding hydrogens is 534 g/mol. The Morgan fingerprint density at radius 1 is 1.35 bits per heavy atom. The minimum Gasteiger partial charge on any atom is -0.465 e. The standard InChI is InChI=1S/C21H25BClFN3O9P/c1-4-33-17(29)19(2,3)26-37(32,35-12-7-5-11(24)6-8-12)36-15-14-20(15,31)21(22,23)16(34-14)27-10-9-13(28)25-18(27)30/h5-10,14-16,31H,4,22H2,1-3H3,(H,26,32)(H,25,28,30)/t14-,15?,16-,20+,21-,37?/m1/s1. The predicted molar refractivity (Wildman–Crippen MR) is 131 cm³/mol. The molecule has 3 N–H and O–H groups in total. The Morgan fingerprint density at radius 3 is 2.54 bits per heavy atom. The molecule has 1 saturated heterocycles. The Bertz CT molecular complexity index is 1370. The Morgan fingerprint density at radius 2 is 2.00 bits per heavy atom. The molecule has 200 valence electrons. The van der Waals surface area contributed by atoms with Gasteiger partial charge in [-0.1, -0.05) is 0 Å². The molecule has 2 heterocycles. The number of benzene rings is 1. The molecule has 2 fully saturated rings. The van der Waals surface area contributed by atoms with Crippen molar-refractivity contribution in [1.82, 2.24) is 14.6 Å². The summed E-state index contributed by atoms with van der Waals surface area (Å²) < 4.78 is 48.6. The number of carbonyl (C=O) groups is 1. The number of hydrogen-bond acceptors (Lipinski definition) is 9. The molecule has 0 amide bonds. The number of nitrogens with zero attached hydrogens (tertiary/aromatic N) is 1. The average Bonchev–Trinajstić information content (AvgIpc) is 3.28. The fraction of sp³-hybridized carbons (Fsp3) is 0.476. The van der Waals surface area contributed by atoms with E-state index < -0.39 is 65.1 Å². The van der Waals surface area contributed by atoms with Crippen LogP contribution in [-0.2, 0) is 23.4 Å². The number of esters is 1. The Balaban J connectivity index is 1.61. The van der Waals surface area contributed by atoms with E-state index in [0.717, 1.165) is 22.8 Å². The number of H-pyrrole nitrogens is 1. The fourth-order valence-electron chi connectivity index (χ4n) is 4.14. The summed E-state index contributed by atoms with van der Waals surface area (Å²) in [5.74, 6) is -1.38. The number of fused-ring (bicyclic) bond motifs is 1. The van der Waals surface area contributed by atoms with Gasteiger partial charge in [0.15, 0.2) is 6.23 Å². The Kier molecular flexibility index (Phi) is 6.98. The van der Waals surface area contributed by atoms with E-state index in [1.165, 1.54) is 40.0 Å². The van der Waals surface area contributed by atoms with Crippen molar-refractivity contribution in [2.75, 3.05) is 6.61 Å². The molecule has 16 heteroatoms. The molecule has 1 aliphatic heterocycles. The monoisotopic (exact) mass is 559 g/mol. The van der Waals surface area contributed by atoms with E-state index in [1.807, 2.05) is 0 Å². The van der Waals surface area contributed by atoms with Crippen LogP contribution >= 0.6 is 19.3 Å². The van der Waals surface area contributed by atoms with Gasteiger partial charge in [-0.3, -0.25) is 23.7 Å². The topological polar surface area (TPSA) is 158 Å². The highest BCUT2D eigenvalue weighted by molar-refractivity contribution is 7.52. The molecule has 0 radical (unpaired) electrons. The van der Waals surface area contributed by atoms with E-state index in [4.69, 9.17) is 30.1 Å². The number of aromatic amines is 1. The van der Waals surface area contributed by atoms with E-state index >= 15 is 0 Å². The first-order chi connectivity index (χ1) is 17.1. The van der Waals surface area contributed by atoms with Gasteiger partial charge in [-0.25, -0.2) is 13.8 Å². The van der Waals surface area contributed by atoms with Gasteiger partial charge in [0, 0.05) is 12.3 Å². The van der Waals surface area contributed by atoms with Crippen LogP contribution in [0.2, 0.25) is 0 Å². The largest absolute Gasteiger partial charge is 0.465 e. The molecule has 37 heavy (non-hydrogen) atoms. The fourth-order valence-corrected chi connectivity index (χ4v) is 6.40.